The van der Waals surface area contributed by atoms with Gasteiger partial charge in [0.15, 0.2) is 6.19 Å². The van der Waals surface area contributed by atoms with Crippen LogP contribution in [-0.2, 0) is 0 Å². The van der Waals surface area contributed by atoms with Crippen LogP contribution in [-0.4, -0.2) is 22.6 Å². The molecular formula is C14H16FN3O2. The first-order valence-electron chi connectivity index (χ1n) is 6.21. The monoisotopic (exact) mass is 277 g/mol. The zero-order valence-electron chi connectivity index (χ0n) is 11.5. The fourth-order valence-electron chi connectivity index (χ4n) is 2.20. The minimum Gasteiger partial charge on any atom is -0.485 e. The fourth-order valence-corrected chi connectivity index (χ4v) is 2.20. The predicted molar refractivity (Wildman–Crippen MR) is 71.7 cm³/mol. The number of aliphatic hydroxyl groups is 1. The van der Waals surface area contributed by atoms with Gasteiger partial charge < -0.3 is 9.84 Å². The van der Waals surface area contributed by atoms with Gasteiger partial charge >= 0.3 is 0 Å². The average molecular weight is 277 g/mol. The first-order chi connectivity index (χ1) is 9.35. The topological polar surface area (TPSA) is 77.6 Å². The van der Waals surface area contributed by atoms with Gasteiger partial charge in [0, 0.05) is 5.56 Å². The van der Waals surface area contributed by atoms with E-state index < -0.39 is 23.6 Å². The van der Waals surface area contributed by atoms with Crippen molar-refractivity contribution < 1.29 is 14.2 Å². The lowest BCUT2D eigenvalue weighted by molar-refractivity contribution is -0.0568. The molecule has 20 heavy (non-hydrogen) atoms. The molecule has 106 valence electrons. The second-order valence-corrected chi connectivity index (χ2v) is 5.23. The molecular weight excluding hydrogens is 261 g/mol. The Labute approximate surface area is 116 Å². The SMILES string of the molecule is CC(=NC1c2cc(F)ccc2OC(C)(C)C1O)NC#N. The maximum atomic E-state index is 13.4. The van der Waals surface area contributed by atoms with Gasteiger partial charge in [0.05, 0.1) is 0 Å². The smallest absolute Gasteiger partial charge is 0.182 e. The molecule has 0 spiro atoms. The molecule has 2 unspecified atom stereocenters. The van der Waals surface area contributed by atoms with Gasteiger partial charge in [-0.2, -0.15) is 5.26 Å². The number of hydrogen-bond acceptors (Lipinski definition) is 4. The number of rotatable bonds is 1. The predicted octanol–water partition coefficient (Wildman–Crippen LogP) is 1.89. The summed E-state index contributed by atoms with van der Waals surface area (Å²) < 4.78 is 19.1. The molecule has 1 aliphatic heterocycles. The van der Waals surface area contributed by atoms with Gasteiger partial charge in [0.1, 0.15) is 35.1 Å². The fraction of sp³-hybridized carbons (Fsp3) is 0.429. The van der Waals surface area contributed by atoms with Crippen LogP contribution in [0.25, 0.3) is 0 Å². The van der Waals surface area contributed by atoms with Crippen molar-refractivity contribution in [1.82, 2.24) is 5.32 Å². The van der Waals surface area contributed by atoms with E-state index >= 15 is 0 Å². The van der Waals surface area contributed by atoms with Crippen molar-refractivity contribution in [3.05, 3.63) is 29.6 Å². The van der Waals surface area contributed by atoms with Gasteiger partial charge in [0.25, 0.3) is 0 Å². The van der Waals surface area contributed by atoms with Crippen molar-refractivity contribution in [2.24, 2.45) is 4.99 Å². The van der Waals surface area contributed by atoms with Gasteiger partial charge in [-0.3, -0.25) is 10.3 Å². The Balaban J connectivity index is 2.51. The molecule has 0 saturated carbocycles. The van der Waals surface area contributed by atoms with Crippen LogP contribution in [0.3, 0.4) is 0 Å². The summed E-state index contributed by atoms with van der Waals surface area (Å²) in [4.78, 5) is 4.27. The van der Waals surface area contributed by atoms with Crippen LogP contribution < -0.4 is 10.1 Å². The number of aliphatic imine (C=N–C) groups is 1. The molecule has 1 aliphatic rings. The third-order valence-electron chi connectivity index (χ3n) is 3.24. The third kappa shape index (κ3) is 2.58. The molecule has 1 heterocycles. The van der Waals surface area contributed by atoms with E-state index in [-0.39, 0.29) is 0 Å². The largest absolute Gasteiger partial charge is 0.485 e. The number of amidine groups is 1. The highest BCUT2D eigenvalue weighted by Crippen LogP contribution is 2.42. The molecule has 0 fully saturated rings. The summed E-state index contributed by atoms with van der Waals surface area (Å²) in [5.74, 6) is 0.412. The Morgan fingerprint density at radius 3 is 2.90 bits per heavy atom. The van der Waals surface area contributed by atoms with Crippen molar-refractivity contribution in [3.63, 3.8) is 0 Å². The highest BCUT2D eigenvalue weighted by atomic mass is 19.1. The molecule has 0 aliphatic carbocycles. The van der Waals surface area contributed by atoms with Crippen molar-refractivity contribution in [2.75, 3.05) is 0 Å². The number of hydrogen-bond donors (Lipinski definition) is 2. The number of nitrogens with one attached hydrogen (secondary N) is 1. The van der Waals surface area contributed by atoms with E-state index in [0.29, 0.717) is 17.1 Å². The average Bonchev–Trinajstić information content (AvgIpc) is 2.36. The number of nitrogens with zero attached hydrogens (tertiary/aromatic N) is 2. The highest BCUT2D eigenvalue weighted by molar-refractivity contribution is 5.81. The maximum absolute atomic E-state index is 13.4. The van der Waals surface area contributed by atoms with Crippen molar-refractivity contribution in [2.45, 2.75) is 38.5 Å². The minimum atomic E-state index is -0.952. The second-order valence-electron chi connectivity index (χ2n) is 5.23. The third-order valence-corrected chi connectivity index (χ3v) is 3.24. The molecule has 0 saturated heterocycles. The van der Waals surface area contributed by atoms with Crippen LogP contribution in [0.2, 0.25) is 0 Å². The van der Waals surface area contributed by atoms with Gasteiger partial charge in [-0.15, -0.1) is 0 Å². The summed E-state index contributed by atoms with van der Waals surface area (Å²) in [7, 11) is 0. The highest BCUT2D eigenvalue weighted by Gasteiger charge is 2.43. The molecule has 1 aromatic carbocycles. The van der Waals surface area contributed by atoms with E-state index in [1.807, 2.05) is 0 Å². The number of halogens is 1. The zero-order chi connectivity index (χ0) is 14.9. The summed E-state index contributed by atoms with van der Waals surface area (Å²) >= 11 is 0. The van der Waals surface area contributed by atoms with E-state index in [4.69, 9.17) is 10.00 Å². The van der Waals surface area contributed by atoms with Crippen molar-refractivity contribution >= 4 is 5.84 Å². The Hall–Kier alpha value is -2.13. The number of aliphatic hydroxyl groups excluding tert-OH is 1. The van der Waals surface area contributed by atoms with Gasteiger partial charge in [-0.25, -0.2) is 4.39 Å². The van der Waals surface area contributed by atoms with E-state index in [1.54, 1.807) is 27.0 Å². The summed E-state index contributed by atoms with van der Waals surface area (Å²) in [6, 6.07) is 3.42. The number of ether oxygens (including phenoxy) is 1. The van der Waals surface area contributed by atoms with E-state index in [1.165, 1.54) is 18.2 Å². The van der Waals surface area contributed by atoms with Crippen molar-refractivity contribution in [3.8, 4) is 11.9 Å². The molecule has 2 N–H and O–H groups in total. The molecule has 2 atom stereocenters. The van der Waals surface area contributed by atoms with Crippen LogP contribution in [0.5, 0.6) is 5.75 Å². The molecule has 0 bridgehead atoms. The lowest BCUT2D eigenvalue weighted by atomic mass is 9.87. The standard InChI is InChI=1S/C14H16FN3O2/c1-8(17-7-16)18-12-10-6-9(15)4-5-11(10)20-14(2,3)13(12)19/h4-6,12-13,19H,1-3H3,(H,17,18). The molecule has 0 amide bonds. The zero-order valence-corrected chi connectivity index (χ0v) is 11.5. The summed E-state index contributed by atoms with van der Waals surface area (Å²) in [5.41, 5.74) is -0.387. The Morgan fingerprint density at radius 2 is 2.25 bits per heavy atom. The lowest BCUT2D eigenvalue weighted by Gasteiger charge is -2.40. The second kappa shape index (κ2) is 5.10. The molecule has 0 radical (unpaired) electrons. The van der Waals surface area contributed by atoms with Crippen molar-refractivity contribution in [1.29, 1.82) is 5.26 Å². The molecule has 5 nitrogen and oxygen atoms in total. The normalized spacial score (nSPS) is 24.3. The van der Waals surface area contributed by atoms with E-state index in [9.17, 15) is 9.50 Å². The number of benzene rings is 1. The molecule has 2 rings (SSSR count). The lowest BCUT2D eigenvalue weighted by Crippen LogP contribution is -2.48. The first kappa shape index (κ1) is 14.3. The summed E-state index contributed by atoms with van der Waals surface area (Å²) in [5, 5.41) is 21.4. The van der Waals surface area contributed by atoms with Gasteiger partial charge in [-0.05, 0) is 39.0 Å². The molecule has 6 heteroatoms. The Kier molecular flexibility index (Phi) is 3.64. The number of nitriles is 1. The van der Waals surface area contributed by atoms with E-state index in [0.717, 1.165) is 0 Å². The summed E-state index contributed by atoms with van der Waals surface area (Å²) in [6.45, 7) is 5.08. The Morgan fingerprint density at radius 1 is 1.55 bits per heavy atom. The minimum absolute atomic E-state index is 0.351. The Bertz CT molecular complexity index is 593. The van der Waals surface area contributed by atoms with Crippen LogP contribution in [0.15, 0.2) is 23.2 Å². The van der Waals surface area contributed by atoms with Crippen LogP contribution >= 0.6 is 0 Å². The maximum Gasteiger partial charge on any atom is 0.182 e. The summed E-state index contributed by atoms with van der Waals surface area (Å²) in [6.07, 6.45) is 0.809. The molecule has 1 aromatic rings. The first-order valence-corrected chi connectivity index (χ1v) is 6.21. The molecule has 0 aromatic heterocycles. The van der Waals surface area contributed by atoms with Gasteiger partial charge in [-0.1, -0.05) is 0 Å². The van der Waals surface area contributed by atoms with Crippen LogP contribution in [0.1, 0.15) is 32.4 Å². The number of fused-ring (bicyclic) bond motifs is 1. The van der Waals surface area contributed by atoms with Crippen LogP contribution in [0, 0.1) is 17.3 Å². The quantitative estimate of drug-likeness (QED) is 0.355. The van der Waals surface area contributed by atoms with Gasteiger partial charge in [0.2, 0.25) is 0 Å². The van der Waals surface area contributed by atoms with E-state index in [2.05, 4.69) is 10.3 Å². The van der Waals surface area contributed by atoms with Crippen LogP contribution in [0.4, 0.5) is 4.39 Å².